The Hall–Kier alpha value is -2.16. The van der Waals surface area contributed by atoms with Crippen molar-refractivity contribution in [2.75, 3.05) is 5.32 Å². The van der Waals surface area contributed by atoms with Crippen molar-refractivity contribution >= 4 is 39.5 Å². The number of hydrogen-bond acceptors (Lipinski definition) is 3. The van der Waals surface area contributed by atoms with E-state index in [1.807, 2.05) is 0 Å². The normalized spacial score (nSPS) is 11.5. The van der Waals surface area contributed by atoms with Gasteiger partial charge in [-0.1, -0.05) is 6.07 Å². The largest absolute Gasteiger partial charge is 0.480 e. The molecule has 0 aliphatic rings. The Morgan fingerprint density at radius 1 is 1.38 bits per heavy atom. The van der Waals surface area contributed by atoms with E-state index in [4.69, 9.17) is 10.8 Å². The maximum Gasteiger partial charge on any atom is 0.326 e. The minimum absolute atomic E-state index is 0.117. The zero-order chi connectivity index (χ0) is 16.0. The Morgan fingerprint density at radius 3 is 2.57 bits per heavy atom. The zero-order valence-electron chi connectivity index (χ0n) is 10.7. The second-order valence-electron chi connectivity index (χ2n) is 4.09. The standard InChI is InChI=1S/C12H13BrFN3O4/c13-6-2-1-3-7(14)10(6)17-12(21)16-8(11(19)20)4-5-9(15)18/h1-3,8H,4-5H2,(H2,15,18)(H,19,20)(H2,16,17,21)/t8-/m1/s1. The van der Waals surface area contributed by atoms with E-state index in [-0.39, 0.29) is 18.5 Å². The van der Waals surface area contributed by atoms with Crippen LogP contribution in [0, 0.1) is 5.82 Å². The fraction of sp³-hybridized carbons (Fsp3) is 0.250. The van der Waals surface area contributed by atoms with E-state index in [0.29, 0.717) is 4.47 Å². The van der Waals surface area contributed by atoms with Crippen LogP contribution in [0.5, 0.6) is 0 Å². The summed E-state index contributed by atoms with van der Waals surface area (Å²) in [5.74, 6) is -2.68. The lowest BCUT2D eigenvalue weighted by molar-refractivity contribution is -0.139. The van der Waals surface area contributed by atoms with Gasteiger partial charge >= 0.3 is 12.0 Å². The number of rotatable bonds is 6. The van der Waals surface area contributed by atoms with Crippen LogP contribution in [-0.4, -0.2) is 29.1 Å². The number of primary amides is 1. The van der Waals surface area contributed by atoms with Gasteiger partial charge in [-0.3, -0.25) is 4.79 Å². The van der Waals surface area contributed by atoms with Gasteiger partial charge in [-0.05, 0) is 34.5 Å². The Bertz CT molecular complexity index is 547. The van der Waals surface area contributed by atoms with Gasteiger partial charge in [0.1, 0.15) is 11.9 Å². The van der Waals surface area contributed by atoms with Crippen LogP contribution in [0.2, 0.25) is 0 Å². The third-order valence-electron chi connectivity index (χ3n) is 2.48. The van der Waals surface area contributed by atoms with E-state index in [0.717, 1.165) is 6.07 Å². The van der Waals surface area contributed by atoms with E-state index >= 15 is 0 Å². The number of nitrogens with one attached hydrogen (secondary N) is 2. The smallest absolute Gasteiger partial charge is 0.326 e. The zero-order valence-corrected chi connectivity index (χ0v) is 12.3. The molecule has 5 N–H and O–H groups in total. The number of para-hydroxylation sites is 1. The number of carbonyl (C=O) groups excluding carboxylic acids is 2. The molecule has 0 radical (unpaired) electrons. The number of carbonyl (C=O) groups is 3. The molecule has 21 heavy (non-hydrogen) atoms. The molecular weight excluding hydrogens is 349 g/mol. The molecule has 0 aliphatic carbocycles. The highest BCUT2D eigenvalue weighted by molar-refractivity contribution is 9.10. The van der Waals surface area contributed by atoms with Gasteiger partial charge in [-0.25, -0.2) is 14.0 Å². The maximum absolute atomic E-state index is 13.5. The van der Waals surface area contributed by atoms with E-state index in [1.54, 1.807) is 0 Å². The first kappa shape index (κ1) is 16.9. The highest BCUT2D eigenvalue weighted by atomic mass is 79.9. The number of anilines is 1. The minimum Gasteiger partial charge on any atom is -0.480 e. The molecule has 1 atom stereocenters. The van der Waals surface area contributed by atoms with Gasteiger partial charge in [0.15, 0.2) is 0 Å². The van der Waals surface area contributed by atoms with Gasteiger partial charge in [0.25, 0.3) is 0 Å². The fourth-order valence-corrected chi connectivity index (χ4v) is 1.91. The molecule has 0 spiro atoms. The summed E-state index contributed by atoms with van der Waals surface area (Å²) in [4.78, 5) is 33.3. The van der Waals surface area contributed by atoms with Crippen LogP contribution in [0.4, 0.5) is 14.9 Å². The van der Waals surface area contributed by atoms with E-state index < -0.39 is 29.8 Å². The number of benzene rings is 1. The number of carboxylic acid groups (broad SMARTS) is 1. The van der Waals surface area contributed by atoms with Gasteiger partial charge in [-0.2, -0.15) is 0 Å². The summed E-state index contributed by atoms with van der Waals surface area (Å²) in [5.41, 5.74) is 4.80. The molecule has 0 saturated carbocycles. The van der Waals surface area contributed by atoms with Crippen LogP contribution in [0.15, 0.2) is 22.7 Å². The highest BCUT2D eigenvalue weighted by Gasteiger charge is 2.21. The molecule has 0 aromatic heterocycles. The molecule has 114 valence electrons. The van der Waals surface area contributed by atoms with E-state index in [9.17, 15) is 18.8 Å². The van der Waals surface area contributed by atoms with Crippen molar-refractivity contribution in [3.8, 4) is 0 Å². The molecular formula is C12H13BrFN3O4. The van der Waals surface area contributed by atoms with Crippen LogP contribution in [0.25, 0.3) is 0 Å². The molecule has 0 aliphatic heterocycles. The second kappa shape index (κ2) is 7.58. The molecule has 7 nitrogen and oxygen atoms in total. The van der Waals surface area contributed by atoms with Crippen molar-refractivity contribution in [1.29, 1.82) is 0 Å². The molecule has 0 saturated heterocycles. The number of amides is 3. The Morgan fingerprint density at radius 2 is 2.05 bits per heavy atom. The average molecular weight is 362 g/mol. The first-order chi connectivity index (χ1) is 9.81. The predicted molar refractivity (Wildman–Crippen MR) is 76.1 cm³/mol. The molecule has 1 rings (SSSR count). The summed E-state index contributed by atoms with van der Waals surface area (Å²) >= 11 is 3.06. The van der Waals surface area contributed by atoms with Gasteiger partial charge in [-0.15, -0.1) is 0 Å². The lowest BCUT2D eigenvalue weighted by Gasteiger charge is -2.15. The molecule has 0 heterocycles. The minimum atomic E-state index is -1.32. The quantitative estimate of drug-likeness (QED) is 0.612. The molecule has 1 aromatic rings. The Kier molecular flexibility index (Phi) is 6.10. The van der Waals surface area contributed by atoms with Crippen molar-refractivity contribution in [2.24, 2.45) is 5.73 Å². The molecule has 0 bridgehead atoms. The van der Waals surface area contributed by atoms with Gasteiger partial charge in [0, 0.05) is 10.9 Å². The molecule has 0 fully saturated rings. The number of halogens is 2. The Labute approximate surface area is 127 Å². The highest BCUT2D eigenvalue weighted by Crippen LogP contribution is 2.24. The summed E-state index contributed by atoms with van der Waals surface area (Å²) in [6, 6.07) is 1.89. The van der Waals surface area contributed by atoms with Crippen LogP contribution < -0.4 is 16.4 Å². The topological polar surface area (TPSA) is 122 Å². The van der Waals surface area contributed by atoms with Gasteiger partial charge in [0.05, 0.1) is 5.69 Å². The van der Waals surface area contributed by atoms with Crippen molar-refractivity contribution in [1.82, 2.24) is 5.32 Å². The summed E-state index contributed by atoms with van der Waals surface area (Å²) in [7, 11) is 0. The monoisotopic (exact) mass is 361 g/mol. The molecule has 1 aromatic carbocycles. The van der Waals surface area contributed by atoms with Gasteiger partial charge in [0.2, 0.25) is 5.91 Å². The van der Waals surface area contributed by atoms with Crippen molar-refractivity contribution < 1.29 is 23.9 Å². The van der Waals surface area contributed by atoms with Crippen molar-refractivity contribution in [3.63, 3.8) is 0 Å². The third-order valence-corrected chi connectivity index (χ3v) is 3.14. The van der Waals surface area contributed by atoms with Crippen LogP contribution >= 0.6 is 15.9 Å². The summed E-state index contributed by atoms with van der Waals surface area (Å²) in [5, 5.41) is 13.3. The molecule has 9 heteroatoms. The van der Waals surface area contributed by atoms with Crippen LogP contribution in [0.1, 0.15) is 12.8 Å². The first-order valence-electron chi connectivity index (χ1n) is 5.84. The lowest BCUT2D eigenvalue weighted by atomic mass is 10.1. The summed E-state index contributed by atoms with van der Waals surface area (Å²) in [6.45, 7) is 0. The lowest BCUT2D eigenvalue weighted by Crippen LogP contribution is -2.43. The fourth-order valence-electron chi connectivity index (χ4n) is 1.47. The van der Waals surface area contributed by atoms with Gasteiger partial charge < -0.3 is 21.5 Å². The summed E-state index contributed by atoms with van der Waals surface area (Å²) in [6.07, 6.45) is -0.350. The summed E-state index contributed by atoms with van der Waals surface area (Å²) < 4.78 is 13.8. The number of urea groups is 1. The van der Waals surface area contributed by atoms with Crippen molar-refractivity contribution in [2.45, 2.75) is 18.9 Å². The second-order valence-corrected chi connectivity index (χ2v) is 4.95. The van der Waals surface area contributed by atoms with E-state index in [2.05, 4.69) is 26.6 Å². The SMILES string of the molecule is NC(=O)CC[C@@H](NC(=O)Nc1c(F)cccc1Br)C(=O)O. The third kappa shape index (κ3) is 5.38. The number of hydrogen-bond donors (Lipinski definition) is 4. The number of nitrogens with two attached hydrogens (primary N) is 1. The van der Waals surface area contributed by atoms with Crippen LogP contribution in [0.3, 0.4) is 0 Å². The molecule has 3 amide bonds. The van der Waals surface area contributed by atoms with Crippen LogP contribution in [-0.2, 0) is 9.59 Å². The Balaban J connectivity index is 2.70. The molecule has 0 unspecified atom stereocenters. The van der Waals surface area contributed by atoms with E-state index in [1.165, 1.54) is 12.1 Å². The first-order valence-corrected chi connectivity index (χ1v) is 6.63. The maximum atomic E-state index is 13.5. The average Bonchev–Trinajstić information content (AvgIpc) is 2.38. The number of carboxylic acids is 1. The van der Waals surface area contributed by atoms with Crippen molar-refractivity contribution in [3.05, 3.63) is 28.5 Å². The predicted octanol–water partition coefficient (Wildman–Crippen LogP) is 1.43. The number of aliphatic carboxylic acids is 1.